The van der Waals surface area contributed by atoms with Gasteiger partial charge in [0.15, 0.2) is 6.10 Å². The van der Waals surface area contributed by atoms with Gasteiger partial charge in [-0.25, -0.2) is 4.57 Å². The predicted molar refractivity (Wildman–Crippen MR) is 199 cm³/mol. The molecule has 9 nitrogen and oxygen atoms in total. The quantitative estimate of drug-likeness (QED) is 0.0205. The van der Waals surface area contributed by atoms with Gasteiger partial charge in [0.25, 0.3) is 0 Å². The zero-order valence-corrected chi connectivity index (χ0v) is 31.1. The molecule has 0 rings (SSSR count). The SMILES string of the molecule is CC/C=C\C/C=C\C/C=C\C/C=C\C=C\C(O)CCCC(=O)OC[C@H](COP(=O)(O)O)OC(=O)CCCCCCC/C=C\CCCCCC. The van der Waals surface area contributed by atoms with E-state index < -0.39 is 38.6 Å². The molecule has 2 atom stereocenters. The molecule has 0 aliphatic heterocycles. The number of aliphatic hydroxyl groups excluding tert-OH is 1. The zero-order chi connectivity index (χ0) is 36.3. The number of allylic oxidation sites excluding steroid dienone is 11. The number of hydrogen-bond donors (Lipinski definition) is 3. The Morgan fingerprint density at radius 3 is 1.86 bits per heavy atom. The third kappa shape index (κ3) is 36.6. The third-order valence-corrected chi connectivity index (χ3v) is 7.80. The van der Waals surface area contributed by atoms with E-state index in [4.69, 9.17) is 19.3 Å². The van der Waals surface area contributed by atoms with E-state index in [0.29, 0.717) is 19.3 Å². The van der Waals surface area contributed by atoms with Gasteiger partial charge >= 0.3 is 19.8 Å². The number of rotatable bonds is 32. The van der Waals surface area contributed by atoms with Crippen LogP contribution in [0, 0.1) is 0 Å². The van der Waals surface area contributed by atoms with Gasteiger partial charge in [-0.05, 0) is 70.6 Å². The molecule has 280 valence electrons. The molecule has 3 N–H and O–H groups in total. The van der Waals surface area contributed by atoms with E-state index in [1.165, 1.54) is 25.7 Å². The minimum atomic E-state index is -4.80. The third-order valence-electron chi connectivity index (χ3n) is 7.31. The van der Waals surface area contributed by atoms with E-state index in [1.54, 1.807) is 12.2 Å². The van der Waals surface area contributed by atoms with Crippen LogP contribution >= 0.6 is 7.82 Å². The van der Waals surface area contributed by atoms with Crippen LogP contribution in [-0.2, 0) is 28.2 Å². The molecule has 0 bridgehead atoms. The van der Waals surface area contributed by atoms with Gasteiger partial charge in [0.1, 0.15) is 6.61 Å². The number of carbonyl (C=O) groups is 2. The first kappa shape index (κ1) is 46.5. The zero-order valence-electron chi connectivity index (χ0n) is 30.2. The van der Waals surface area contributed by atoms with E-state index in [2.05, 4.69) is 67.0 Å². The number of phosphoric ester groups is 1. The van der Waals surface area contributed by atoms with Gasteiger partial charge in [-0.1, -0.05) is 125 Å². The fourth-order valence-corrected chi connectivity index (χ4v) is 4.93. The standard InChI is InChI=1S/C39H65O9P/c1-3-5-7-9-11-13-15-17-19-21-23-25-27-30-36(40)31-29-33-38(41)46-34-37(35-47-49(43,44)45)48-39(42)32-28-26-24-22-20-18-16-14-12-10-8-6-4-2/h5,7,11,13-14,16-17,19,23,25,27,30,36-37,40H,3-4,6,8-10,12,15,18,20-22,24,26,28-29,31-35H2,1-2H3,(H2,43,44,45)/b7-5-,13-11-,16-14-,19-17-,25-23-,30-27+/t36?,37-/m1/s1. The minimum Gasteiger partial charge on any atom is -0.462 e. The average molecular weight is 709 g/mol. The Morgan fingerprint density at radius 2 is 1.22 bits per heavy atom. The first-order valence-electron chi connectivity index (χ1n) is 18.3. The highest BCUT2D eigenvalue weighted by atomic mass is 31.2. The summed E-state index contributed by atoms with van der Waals surface area (Å²) in [5, 5.41) is 10.1. The number of esters is 2. The fraction of sp³-hybridized carbons (Fsp3) is 0.641. The highest BCUT2D eigenvalue weighted by molar-refractivity contribution is 7.46. The van der Waals surface area contributed by atoms with Gasteiger partial charge in [-0.15, -0.1) is 0 Å². The summed E-state index contributed by atoms with van der Waals surface area (Å²) in [5.74, 6) is -1.11. The van der Waals surface area contributed by atoms with Crippen molar-refractivity contribution in [3.8, 4) is 0 Å². The lowest BCUT2D eigenvalue weighted by Gasteiger charge is -2.18. The second-order valence-electron chi connectivity index (χ2n) is 12.0. The average Bonchev–Trinajstić information content (AvgIpc) is 3.06. The Balaban J connectivity index is 4.23. The molecular weight excluding hydrogens is 643 g/mol. The van der Waals surface area contributed by atoms with Gasteiger partial charge in [0.2, 0.25) is 0 Å². The Kier molecular flexibility index (Phi) is 32.2. The highest BCUT2D eigenvalue weighted by Crippen LogP contribution is 2.35. The van der Waals surface area contributed by atoms with Gasteiger partial charge in [0, 0.05) is 12.8 Å². The van der Waals surface area contributed by atoms with Gasteiger partial charge in [0.05, 0.1) is 12.7 Å². The molecule has 10 heteroatoms. The number of unbranched alkanes of at least 4 members (excludes halogenated alkanes) is 9. The van der Waals surface area contributed by atoms with Crippen LogP contribution in [-0.4, -0.2) is 52.3 Å². The monoisotopic (exact) mass is 708 g/mol. The van der Waals surface area contributed by atoms with Crippen LogP contribution in [0.25, 0.3) is 0 Å². The summed E-state index contributed by atoms with van der Waals surface area (Å²) in [4.78, 5) is 42.7. The largest absolute Gasteiger partial charge is 0.469 e. The molecular formula is C39H65O9P. The van der Waals surface area contributed by atoms with Gasteiger partial charge in [-0.3, -0.25) is 14.1 Å². The molecule has 0 heterocycles. The van der Waals surface area contributed by atoms with Gasteiger partial charge < -0.3 is 24.4 Å². The molecule has 0 saturated carbocycles. The Labute approximate surface area is 296 Å². The number of aliphatic hydroxyl groups is 1. The lowest BCUT2D eigenvalue weighted by atomic mass is 10.1. The highest BCUT2D eigenvalue weighted by Gasteiger charge is 2.23. The van der Waals surface area contributed by atoms with Crippen molar-refractivity contribution in [3.63, 3.8) is 0 Å². The smallest absolute Gasteiger partial charge is 0.462 e. The van der Waals surface area contributed by atoms with Crippen LogP contribution in [0.5, 0.6) is 0 Å². The van der Waals surface area contributed by atoms with Crippen molar-refractivity contribution < 1.29 is 43.0 Å². The summed E-state index contributed by atoms with van der Waals surface area (Å²) in [5.41, 5.74) is 0. The molecule has 0 saturated heterocycles. The summed E-state index contributed by atoms with van der Waals surface area (Å²) in [6, 6.07) is 0. The molecule has 0 radical (unpaired) electrons. The number of phosphoric acid groups is 1. The summed E-state index contributed by atoms with van der Waals surface area (Å²) in [6.45, 7) is 3.35. The first-order chi connectivity index (χ1) is 23.7. The molecule has 0 fully saturated rings. The normalized spacial score (nSPS) is 14.0. The Hall–Kier alpha value is -2.55. The molecule has 0 aromatic carbocycles. The van der Waals surface area contributed by atoms with Crippen LogP contribution in [0.2, 0.25) is 0 Å². The molecule has 0 aromatic rings. The number of hydrogen-bond acceptors (Lipinski definition) is 7. The van der Waals surface area contributed by atoms with Crippen molar-refractivity contribution in [1.82, 2.24) is 0 Å². The summed E-state index contributed by atoms with van der Waals surface area (Å²) in [7, 11) is -4.80. The van der Waals surface area contributed by atoms with Crippen molar-refractivity contribution in [1.29, 1.82) is 0 Å². The lowest BCUT2D eigenvalue weighted by molar-refractivity contribution is -0.161. The summed E-state index contributed by atoms with van der Waals surface area (Å²) < 4.78 is 26.1. The van der Waals surface area contributed by atoms with Gasteiger partial charge in [-0.2, -0.15) is 0 Å². The van der Waals surface area contributed by atoms with Crippen molar-refractivity contribution >= 4 is 19.8 Å². The van der Waals surface area contributed by atoms with E-state index in [0.717, 1.165) is 64.2 Å². The second kappa shape index (κ2) is 33.9. The molecule has 0 aromatic heterocycles. The van der Waals surface area contributed by atoms with Crippen LogP contribution in [0.4, 0.5) is 0 Å². The van der Waals surface area contributed by atoms with E-state index in [1.807, 2.05) is 12.2 Å². The van der Waals surface area contributed by atoms with Crippen LogP contribution < -0.4 is 0 Å². The maximum Gasteiger partial charge on any atom is 0.469 e. The van der Waals surface area contributed by atoms with Crippen LogP contribution in [0.3, 0.4) is 0 Å². The van der Waals surface area contributed by atoms with Crippen LogP contribution in [0.1, 0.15) is 136 Å². The maximum absolute atomic E-state index is 12.3. The van der Waals surface area contributed by atoms with Crippen molar-refractivity contribution in [2.45, 2.75) is 148 Å². The summed E-state index contributed by atoms with van der Waals surface area (Å²) >= 11 is 0. The summed E-state index contributed by atoms with van der Waals surface area (Å²) in [6.07, 6.45) is 39.4. The lowest BCUT2D eigenvalue weighted by Crippen LogP contribution is -2.29. The maximum atomic E-state index is 12.3. The Morgan fingerprint density at radius 1 is 0.653 bits per heavy atom. The number of ether oxygens (including phenoxy) is 2. The number of carbonyl (C=O) groups excluding carboxylic acids is 2. The fourth-order valence-electron chi connectivity index (χ4n) is 4.57. The van der Waals surface area contributed by atoms with Crippen molar-refractivity contribution in [2.75, 3.05) is 13.2 Å². The molecule has 1 unspecified atom stereocenters. The second-order valence-corrected chi connectivity index (χ2v) is 13.2. The van der Waals surface area contributed by atoms with Crippen molar-refractivity contribution in [3.05, 3.63) is 72.9 Å². The topological polar surface area (TPSA) is 140 Å². The molecule has 0 aliphatic carbocycles. The molecule has 49 heavy (non-hydrogen) atoms. The predicted octanol–water partition coefficient (Wildman–Crippen LogP) is 9.70. The Bertz CT molecular complexity index is 1040. The van der Waals surface area contributed by atoms with Crippen molar-refractivity contribution in [2.24, 2.45) is 0 Å². The minimum absolute atomic E-state index is 0.0314. The molecule has 0 aliphatic rings. The van der Waals surface area contributed by atoms with E-state index in [9.17, 15) is 19.3 Å². The molecule has 0 spiro atoms. The van der Waals surface area contributed by atoms with Crippen LogP contribution in [0.15, 0.2) is 72.9 Å². The first-order valence-corrected chi connectivity index (χ1v) is 19.9. The van der Waals surface area contributed by atoms with E-state index in [-0.39, 0.29) is 19.4 Å². The molecule has 0 amide bonds. The van der Waals surface area contributed by atoms with E-state index >= 15 is 0 Å².